The van der Waals surface area contributed by atoms with E-state index in [2.05, 4.69) is 16.1 Å². The Morgan fingerprint density at radius 3 is 2.62 bits per heavy atom. The lowest BCUT2D eigenvalue weighted by Crippen LogP contribution is -1.93. The number of aromatic nitrogens is 3. The SMILES string of the molecule is Cc1ccc(-c2ccnn2C)cn1. The second-order valence-electron chi connectivity index (χ2n) is 3.03. The van der Waals surface area contributed by atoms with Gasteiger partial charge in [0, 0.05) is 30.7 Å². The van der Waals surface area contributed by atoms with Crippen molar-refractivity contribution >= 4 is 0 Å². The fourth-order valence-electron chi connectivity index (χ4n) is 1.28. The molecule has 0 aromatic carbocycles. The van der Waals surface area contributed by atoms with Gasteiger partial charge in [-0.25, -0.2) is 0 Å². The average Bonchev–Trinajstić information content (AvgIpc) is 2.53. The summed E-state index contributed by atoms with van der Waals surface area (Å²) in [6.07, 6.45) is 3.65. The van der Waals surface area contributed by atoms with E-state index in [1.807, 2.05) is 37.0 Å². The summed E-state index contributed by atoms with van der Waals surface area (Å²) in [5.41, 5.74) is 3.23. The van der Waals surface area contributed by atoms with Crippen molar-refractivity contribution in [2.24, 2.45) is 7.05 Å². The van der Waals surface area contributed by atoms with Crippen molar-refractivity contribution in [1.29, 1.82) is 0 Å². The van der Waals surface area contributed by atoms with E-state index in [1.54, 1.807) is 6.20 Å². The minimum Gasteiger partial charge on any atom is -0.268 e. The Balaban J connectivity index is 2.47. The summed E-state index contributed by atoms with van der Waals surface area (Å²) in [7, 11) is 1.93. The van der Waals surface area contributed by atoms with Gasteiger partial charge >= 0.3 is 0 Å². The highest BCUT2D eigenvalue weighted by atomic mass is 15.3. The number of hydrogen-bond donors (Lipinski definition) is 0. The van der Waals surface area contributed by atoms with Crippen LogP contribution in [0.3, 0.4) is 0 Å². The Bertz CT molecular complexity index is 400. The van der Waals surface area contributed by atoms with E-state index in [-0.39, 0.29) is 0 Å². The average molecular weight is 173 g/mol. The van der Waals surface area contributed by atoms with E-state index in [1.165, 1.54) is 0 Å². The van der Waals surface area contributed by atoms with Gasteiger partial charge in [0.1, 0.15) is 0 Å². The van der Waals surface area contributed by atoms with Gasteiger partial charge in [-0.15, -0.1) is 0 Å². The molecule has 0 fully saturated rings. The van der Waals surface area contributed by atoms with Gasteiger partial charge in [-0.1, -0.05) is 0 Å². The molecule has 2 aromatic heterocycles. The molecule has 3 nitrogen and oxygen atoms in total. The van der Waals surface area contributed by atoms with Crippen LogP contribution >= 0.6 is 0 Å². The van der Waals surface area contributed by atoms with E-state index in [0.29, 0.717) is 0 Å². The molecular weight excluding hydrogens is 162 g/mol. The van der Waals surface area contributed by atoms with Crippen molar-refractivity contribution in [3.05, 3.63) is 36.3 Å². The third kappa shape index (κ3) is 1.45. The predicted molar refractivity (Wildman–Crippen MR) is 51.2 cm³/mol. The predicted octanol–water partition coefficient (Wildman–Crippen LogP) is 1.79. The van der Waals surface area contributed by atoms with Crippen LogP contribution < -0.4 is 0 Å². The summed E-state index contributed by atoms with van der Waals surface area (Å²) < 4.78 is 1.84. The largest absolute Gasteiger partial charge is 0.268 e. The molecule has 0 radical (unpaired) electrons. The van der Waals surface area contributed by atoms with Gasteiger partial charge in [0.05, 0.1) is 5.69 Å². The zero-order chi connectivity index (χ0) is 9.26. The van der Waals surface area contributed by atoms with Crippen LogP contribution in [0.15, 0.2) is 30.6 Å². The normalized spacial score (nSPS) is 10.3. The molecule has 0 unspecified atom stereocenters. The minimum atomic E-state index is 1.03. The third-order valence-corrected chi connectivity index (χ3v) is 2.03. The fourth-order valence-corrected chi connectivity index (χ4v) is 1.28. The highest BCUT2D eigenvalue weighted by molar-refractivity contribution is 5.57. The van der Waals surface area contributed by atoms with Crippen LogP contribution in [0.2, 0.25) is 0 Å². The van der Waals surface area contributed by atoms with Crippen molar-refractivity contribution < 1.29 is 0 Å². The fraction of sp³-hybridized carbons (Fsp3) is 0.200. The summed E-state index contributed by atoms with van der Waals surface area (Å²) in [4.78, 5) is 4.24. The van der Waals surface area contributed by atoms with Crippen LogP contribution in [0.4, 0.5) is 0 Å². The molecule has 0 aliphatic rings. The molecule has 3 heteroatoms. The molecule has 0 N–H and O–H groups in total. The van der Waals surface area contributed by atoms with Crippen molar-refractivity contribution in [3.8, 4) is 11.3 Å². The van der Waals surface area contributed by atoms with Gasteiger partial charge in [-0.3, -0.25) is 9.67 Å². The topological polar surface area (TPSA) is 30.7 Å². The van der Waals surface area contributed by atoms with E-state index in [0.717, 1.165) is 17.0 Å². The van der Waals surface area contributed by atoms with Gasteiger partial charge in [0.15, 0.2) is 0 Å². The Hall–Kier alpha value is -1.64. The Labute approximate surface area is 77.0 Å². The molecule has 66 valence electrons. The maximum Gasteiger partial charge on any atom is 0.0694 e. The lowest BCUT2D eigenvalue weighted by atomic mass is 10.2. The lowest BCUT2D eigenvalue weighted by molar-refractivity contribution is 0.775. The molecule has 2 heterocycles. The maximum absolute atomic E-state index is 4.24. The quantitative estimate of drug-likeness (QED) is 0.658. The maximum atomic E-state index is 4.24. The number of hydrogen-bond acceptors (Lipinski definition) is 2. The third-order valence-electron chi connectivity index (χ3n) is 2.03. The molecule has 2 rings (SSSR count). The highest BCUT2D eigenvalue weighted by Gasteiger charge is 2.01. The van der Waals surface area contributed by atoms with Crippen molar-refractivity contribution in [1.82, 2.24) is 14.8 Å². The summed E-state index contributed by atoms with van der Waals surface area (Å²) >= 11 is 0. The zero-order valence-corrected chi connectivity index (χ0v) is 7.73. The summed E-state index contributed by atoms with van der Waals surface area (Å²) in [5, 5.41) is 4.10. The standard InChI is InChI=1S/C10H11N3/c1-8-3-4-9(7-11-8)10-5-6-12-13(10)2/h3-7H,1-2H3. The Morgan fingerprint density at radius 2 is 2.08 bits per heavy atom. The first-order valence-electron chi connectivity index (χ1n) is 4.18. The van der Waals surface area contributed by atoms with Crippen LogP contribution in [0.25, 0.3) is 11.3 Å². The Kier molecular flexibility index (Phi) is 1.85. The van der Waals surface area contributed by atoms with Crippen molar-refractivity contribution in [2.45, 2.75) is 6.92 Å². The van der Waals surface area contributed by atoms with Crippen LogP contribution in [0.5, 0.6) is 0 Å². The number of nitrogens with zero attached hydrogens (tertiary/aromatic N) is 3. The minimum absolute atomic E-state index is 1.03. The molecule has 0 saturated carbocycles. The first-order chi connectivity index (χ1) is 6.27. The zero-order valence-electron chi connectivity index (χ0n) is 7.73. The van der Waals surface area contributed by atoms with Gasteiger partial charge in [0.2, 0.25) is 0 Å². The Morgan fingerprint density at radius 1 is 1.23 bits per heavy atom. The van der Waals surface area contributed by atoms with Crippen molar-refractivity contribution in [2.75, 3.05) is 0 Å². The van der Waals surface area contributed by atoms with Crippen molar-refractivity contribution in [3.63, 3.8) is 0 Å². The second-order valence-corrected chi connectivity index (χ2v) is 3.03. The molecule has 0 atom stereocenters. The molecule has 0 amide bonds. The van der Waals surface area contributed by atoms with Gasteiger partial charge in [-0.2, -0.15) is 5.10 Å². The summed E-state index contributed by atoms with van der Waals surface area (Å²) in [6.45, 7) is 1.98. The second kappa shape index (κ2) is 3.01. The molecule has 13 heavy (non-hydrogen) atoms. The highest BCUT2D eigenvalue weighted by Crippen LogP contribution is 2.16. The summed E-state index contributed by atoms with van der Waals surface area (Å²) in [5.74, 6) is 0. The van der Waals surface area contributed by atoms with E-state index in [4.69, 9.17) is 0 Å². The van der Waals surface area contributed by atoms with E-state index in [9.17, 15) is 0 Å². The molecule has 0 spiro atoms. The summed E-state index contributed by atoms with van der Waals surface area (Å²) in [6, 6.07) is 6.04. The number of aryl methyl sites for hydroxylation is 2. The molecular formula is C10H11N3. The first kappa shape index (κ1) is 7.98. The smallest absolute Gasteiger partial charge is 0.0694 e. The van der Waals surface area contributed by atoms with Crippen LogP contribution in [-0.2, 0) is 7.05 Å². The molecule has 2 aromatic rings. The molecule has 0 bridgehead atoms. The van der Waals surface area contributed by atoms with Gasteiger partial charge in [0.25, 0.3) is 0 Å². The number of pyridine rings is 1. The van der Waals surface area contributed by atoms with Gasteiger partial charge < -0.3 is 0 Å². The first-order valence-corrected chi connectivity index (χ1v) is 4.18. The van der Waals surface area contributed by atoms with Crippen LogP contribution in [0, 0.1) is 6.92 Å². The molecule has 0 saturated heterocycles. The van der Waals surface area contributed by atoms with E-state index < -0.39 is 0 Å². The van der Waals surface area contributed by atoms with Gasteiger partial charge in [-0.05, 0) is 25.1 Å². The van der Waals surface area contributed by atoms with Crippen LogP contribution in [-0.4, -0.2) is 14.8 Å². The van der Waals surface area contributed by atoms with Crippen LogP contribution in [0.1, 0.15) is 5.69 Å². The monoisotopic (exact) mass is 173 g/mol. The molecule has 0 aliphatic carbocycles. The lowest BCUT2D eigenvalue weighted by Gasteiger charge is -2.00. The number of rotatable bonds is 1. The van der Waals surface area contributed by atoms with E-state index >= 15 is 0 Å². The molecule has 0 aliphatic heterocycles.